The third kappa shape index (κ3) is 3.11. The Labute approximate surface area is 116 Å². The maximum absolute atomic E-state index is 11.3. The summed E-state index contributed by atoms with van der Waals surface area (Å²) in [6, 6.07) is 2.63. The molecule has 0 aromatic carbocycles. The number of fused-ring (bicyclic) bond motifs is 2. The summed E-state index contributed by atoms with van der Waals surface area (Å²) in [5, 5.41) is 6.85. The zero-order valence-electron chi connectivity index (χ0n) is 12.0. The summed E-state index contributed by atoms with van der Waals surface area (Å²) in [6.45, 7) is 4.50. The number of amides is 1. The molecule has 108 valence electrons. The molecule has 3 aliphatic heterocycles. The largest absolute Gasteiger partial charge is 0.352 e. The van der Waals surface area contributed by atoms with Gasteiger partial charge >= 0.3 is 0 Å². The van der Waals surface area contributed by atoms with E-state index in [4.69, 9.17) is 0 Å². The highest BCUT2D eigenvalue weighted by molar-refractivity contribution is 5.78. The van der Waals surface area contributed by atoms with Crippen LogP contribution in [0.4, 0.5) is 0 Å². The molecule has 0 spiro atoms. The molecule has 2 N–H and O–H groups in total. The SMILES string of the molecule is CCCN(CC1CCC(=O)N1)C1CC2CCC(C1)N2. The molecule has 0 saturated carbocycles. The van der Waals surface area contributed by atoms with E-state index in [0.717, 1.165) is 37.5 Å². The minimum atomic E-state index is 0.242. The second-order valence-corrected chi connectivity index (χ2v) is 6.56. The van der Waals surface area contributed by atoms with E-state index in [0.29, 0.717) is 6.04 Å². The van der Waals surface area contributed by atoms with Crippen LogP contribution in [0.2, 0.25) is 0 Å². The Morgan fingerprint density at radius 3 is 2.53 bits per heavy atom. The molecule has 0 radical (unpaired) electrons. The molecule has 0 aromatic heterocycles. The van der Waals surface area contributed by atoms with Gasteiger partial charge in [0.1, 0.15) is 0 Å². The number of hydrogen-bond acceptors (Lipinski definition) is 3. The molecule has 3 unspecified atom stereocenters. The quantitative estimate of drug-likeness (QED) is 0.786. The lowest BCUT2D eigenvalue weighted by molar-refractivity contribution is -0.119. The van der Waals surface area contributed by atoms with Crippen molar-refractivity contribution in [3.05, 3.63) is 0 Å². The van der Waals surface area contributed by atoms with E-state index in [2.05, 4.69) is 22.5 Å². The molecule has 19 heavy (non-hydrogen) atoms. The summed E-state index contributed by atoms with van der Waals surface area (Å²) in [5.41, 5.74) is 0. The van der Waals surface area contributed by atoms with Crippen LogP contribution in [0, 0.1) is 0 Å². The highest BCUT2D eigenvalue weighted by Gasteiger charge is 2.36. The topological polar surface area (TPSA) is 44.4 Å². The Kier molecular flexibility index (Phi) is 4.08. The van der Waals surface area contributed by atoms with Crippen molar-refractivity contribution in [2.75, 3.05) is 13.1 Å². The number of rotatable bonds is 5. The number of carbonyl (C=O) groups is 1. The summed E-state index contributed by atoms with van der Waals surface area (Å²) in [7, 11) is 0. The van der Waals surface area contributed by atoms with Gasteiger partial charge in [0.25, 0.3) is 0 Å². The van der Waals surface area contributed by atoms with Crippen LogP contribution in [0.3, 0.4) is 0 Å². The molecular weight excluding hydrogens is 238 g/mol. The second kappa shape index (κ2) is 5.80. The minimum Gasteiger partial charge on any atom is -0.352 e. The van der Waals surface area contributed by atoms with E-state index >= 15 is 0 Å². The van der Waals surface area contributed by atoms with Gasteiger partial charge in [0.05, 0.1) is 0 Å². The van der Waals surface area contributed by atoms with Crippen LogP contribution in [0.5, 0.6) is 0 Å². The monoisotopic (exact) mass is 265 g/mol. The second-order valence-electron chi connectivity index (χ2n) is 6.56. The first kappa shape index (κ1) is 13.4. The van der Waals surface area contributed by atoms with Crippen LogP contribution in [-0.4, -0.2) is 48.1 Å². The summed E-state index contributed by atoms with van der Waals surface area (Å²) in [4.78, 5) is 14.0. The van der Waals surface area contributed by atoms with Crippen LogP contribution in [-0.2, 0) is 4.79 Å². The van der Waals surface area contributed by atoms with Crippen molar-refractivity contribution < 1.29 is 4.79 Å². The van der Waals surface area contributed by atoms with Gasteiger partial charge in [-0.25, -0.2) is 0 Å². The fraction of sp³-hybridized carbons (Fsp3) is 0.933. The van der Waals surface area contributed by atoms with Gasteiger partial charge in [0.2, 0.25) is 5.91 Å². The van der Waals surface area contributed by atoms with Gasteiger partial charge < -0.3 is 10.6 Å². The van der Waals surface area contributed by atoms with Gasteiger partial charge in [-0.3, -0.25) is 9.69 Å². The first-order valence-corrected chi connectivity index (χ1v) is 8.04. The van der Waals surface area contributed by atoms with Gasteiger partial charge in [0, 0.05) is 37.1 Å². The van der Waals surface area contributed by atoms with Gasteiger partial charge in [-0.2, -0.15) is 0 Å². The van der Waals surface area contributed by atoms with Crippen molar-refractivity contribution in [2.45, 2.75) is 76.0 Å². The lowest BCUT2D eigenvalue weighted by atomic mass is 9.97. The molecule has 4 nitrogen and oxygen atoms in total. The number of nitrogens with zero attached hydrogens (tertiary/aromatic N) is 1. The van der Waals surface area contributed by atoms with Crippen LogP contribution in [0.25, 0.3) is 0 Å². The molecule has 3 rings (SSSR count). The zero-order valence-corrected chi connectivity index (χ0v) is 12.0. The standard InChI is InChI=1S/C15H27N3O/c1-2-7-18(10-13-5-6-15(19)17-13)14-8-11-3-4-12(9-14)16-11/h11-14,16H,2-10H2,1H3,(H,17,19). The lowest BCUT2D eigenvalue weighted by Crippen LogP contribution is -2.51. The van der Waals surface area contributed by atoms with Crippen molar-refractivity contribution >= 4 is 5.91 Å². The van der Waals surface area contributed by atoms with Crippen molar-refractivity contribution in [1.82, 2.24) is 15.5 Å². The third-order valence-corrected chi connectivity index (χ3v) is 5.02. The van der Waals surface area contributed by atoms with Gasteiger partial charge in [-0.05, 0) is 45.1 Å². The summed E-state index contributed by atoms with van der Waals surface area (Å²) >= 11 is 0. The Morgan fingerprint density at radius 2 is 1.95 bits per heavy atom. The molecule has 3 aliphatic rings. The molecule has 3 saturated heterocycles. The average Bonchev–Trinajstić information content (AvgIpc) is 2.95. The highest BCUT2D eigenvalue weighted by Crippen LogP contribution is 2.30. The van der Waals surface area contributed by atoms with Crippen LogP contribution in [0.15, 0.2) is 0 Å². The minimum absolute atomic E-state index is 0.242. The van der Waals surface area contributed by atoms with Gasteiger partial charge in [-0.15, -0.1) is 0 Å². The van der Waals surface area contributed by atoms with Crippen LogP contribution < -0.4 is 10.6 Å². The van der Waals surface area contributed by atoms with E-state index < -0.39 is 0 Å². The molecule has 0 aromatic rings. The fourth-order valence-corrected chi connectivity index (χ4v) is 4.13. The smallest absolute Gasteiger partial charge is 0.220 e. The van der Waals surface area contributed by atoms with Crippen LogP contribution >= 0.6 is 0 Å². The molecular formula is C15H27N3O. The highest BCUT2D eigenvalue weighted by atomic mass is 16.1. The maximum Gasteiger partial charge on any atom is 0.220 e. The predicted octanol–water partition coefficient (Wildman–Crippen LogP) is 1.26. The van der Waals surface area contributed by atoms with E-state index in [1.165, 1.54) is 38.6 Å². The predicted molar refractivity (Wildman–Crippen MR) is 76.0 cm³/mol. The molecule has 2 bridgehead atoms. The number of carbonyl (C=O) groups excluding carboxylic acids is 1. The third-order valence-electron chi connectivity index (χ3n) is 5.02. The lowest BCUT2D eigenvalue weighted by Gasteiger charge is -2.39. The number of nitrogens with one attached hydrogen (secondary N) is 2. The molecule has 3 fully saturated rings. The van der Waals surface area contributed by atoms with Crippen molar-refractivity contribution in [2.24, 2.45) is 0 Å². The maximum atomic E-state index is 11.3. The van der Waals surface area contributed by atoms with E-state index in [-0.39, 0.29) is 5.91 Å². The first-order chi connectivity index (χ1) is 9.24. The summed E-state index contributed by atoms with van der Waals surface area (Å²) < 4.78 is 0. The first-order valence-electron chi connectivity index (χ1n) is 8.04. The Morgan fingerprint density at radius 1 is 1.21 bits per heavy atom. The van der Waals surface area contributed by atoms with Gasteiger partial charge in [-0.1, -0.05) is 6.92 Å². The Hall–Kier alpha value is -0.610. The number of hydrogen-bond donors (Lipinski definition) is 2. The molecule has 3 heterocycles. The Bertz CT molecular complexity index is 321. The molecule has 3 atom stereocenters. The van der Waals surface area contributed by atoms with Crippen molar-refractivity contribution in [1.29, 1.82) is 0 Å². The average molecular weight is 265 g/mol. The molecule has 4 heteroatoms. The van der Waals surface area contributed by atoms with E-state index in [1.807, 2.05) is 0 Å². The summed E-state index contributed by atoms with van der Waals surface area (Å²) in [6.07, 6.45) is 8.29. The Balaban J connectivity index is 1.58. The van der Waals surface area contributed by atoms with Crippen LogP contribution in [0.1, 0.15) is 51.9 Å². The van der Waals surface area contributed by atoms with E-state index in [1.54, 1.807) is 0 Å². The zero-order chi connectivity index (χ0) is 13.2. The normalized spacial score (nSPS) is 37.9. The van der Waals surface area contributed by atoms with Crippen molar-refractivity contribution in [3.63, 3.8) is 0 Å². The van der Waals surface area contributed by atoms with Crippen molar-refractivity contribution in [3.8, 4) is 0 Å². The number of piperidine rings is 1. The molecule has 1 amide bonds. The summed E-state index contributed by atoms with van der Waals surface area (Å²) in [5.74, 6) is 0.242. The fourth-order valence-electron chi connectivity index (χ4n) is 4.13. The molecule has 0 aliphatic carbocycles. The van der Waals surface area contributed by atoms with Gasteiger partial charge in [0.15, 0.2) is 0 Å². The van der Waals surface area contributed by atoms with E-state index in [9.17, 15) is 4.79 Å².